The highest BCUT2D eigenvalue weighted by Gasteiger charge is 2.41. The topological polar surface area (TPSA) is 96.3 Å². The first-order valence-corrected chi connectivity index (χ1v) is 8.37. The molecule has 0 bridgehead atoms. The van der Waals surface area contributed by atoms with Crippen molar-refractivity contribution in [1.29, 1.82) is 0 Å². The van der Waals surface area contributed by atoms with E-state index in [0.29, 0.717) is 11.6 Å². The first kappa shape index (κ1) is 17.0. The number of hydrazine groups is 1. The van der Waals surface area contributed by atoms with Crippen molar-refractivity contribution >= 4 is 29.3 Å². The summed E-state index contributed by atoms with van der Waals surface area (Å²) in [6.07, 6.45) is 1.94. The smallest absolute Gasteiger partial charge is 0.252 e. The van der Waals surface area contributed by atoms with Crippen molar-refractivity contribution < 1.29 is 9.72 Å². The van der Waals surface area contributed by atoms with Crippen LogP contribution >= 0.6 is 23.4 Å². The van der Waals surface area contributed by atoms with Gasteiger partial charge in [0.15, 0.2) is 6.04 Å². The molecule has 1 heterocycles. The van der Waals surface area contributed by atoms with Gasteiger partial charge in [-0.05, 0) is 24.0 Å². The maximum Gasteiger partial charge on any atom is 0.252 e. The maximum atomic E-state index is 12.1. The third-order valence-electron chi connectivity index (χ3n) is 3.47. The lowest BCUT2D eigenvalue weighted by Gasteiger charge is -2.18. The van der Waals surface area contributed by atoms with Gasteiger partial charge in [0.25, 0.3) is 6.04 Å². The molecule has 3 atom stereocenters. The van der Waals surface area contributed by atoms with Gasteiger partial charge in [-0.15, -0.1) is 0 Å². The van der Waals surface area contributed by atoms with Crippen molar-refractivity contribution in [2.75, 3.05) is 19.3 Å². The SMILES string of the molecule is CSC(CNC(=O)C1NNCC1[N+](=O)[O-])c1cccc(Cl)c1. The third-order valence-corrected chi connectivity index (χ3v) is 4.72. The Morgan fingerprint density at radius 2 is 2.41 bits per heavy atom. The molecule has 1 aromatic rings. The first-order chi connectivity index (χ1) is 10.5. The van der Waals surface area contributed by atoms with Gasteiger partial charge < -0.3 is 5.32 Å². The second-order valence-electron chi connectivity index (χ2n) is 4.88. The molecule has 2 rings (SSSR count). The zero-order valence-electron chi connectivity index (χ0n) is 11.9. The molecule has 1 amide bonds. The van der Waals surface area contributed by atoms with Gasteiger partial charge >= 0.3 is 0 Å². The first-order valence-electron chi connectivity index (χ1n) is 6.70. The number of carbonyl (C=O) groups excluding carboxylic acids is 1. The molecule has 0 saturated carbocycles. The van der Waals surface area contributed by atoms with Crippen LogP contribution in [0.25, 0.3) is 0 Å². The van der Waals surface area contributed by atoms with E-state index >= 15 is 0 Å². The molecule has 0 aliphatic carbocycles. The Morgan fingerprint density at radius 1 is 1.64 bits per heavy atom. The number of hydrogen-bond acceptors (Lipinski definition) is 6. The molecule has 1 aliphatic rings. The van der Waals surface area contributed by atoms with Gasteiger partial charge in [-0.3, -0.25) is 14.9 Å². The van der Waals surface area contributed by atoms with E-state index in [2.05, 4.69) is 16.2 Å². The van der Waals surface area contributed by atoms with Gasteiger partial charge in [-0.2, -0.15) is 11.8 Å². The summed E-state index contributed by atoms with van der Waals surface area (Å²) in [4.78, 5) is 22.6. The largest absolute Gasteiger partial charge is 0.353 e. The lowest BCUT2D eigenvalue weighted by Crippen LogP contribution is -2.50. The van der Waals surface area contributed by atoms with E-state index in [1.807, 2.05) is 24.5 Å². The molecule has 7 nitrogen and oxygen atoms in total. The van der Waals surface area contributed by atoms with Crippen LogP contribution in [-0.4, -0.2) is 42.3 Å². The van der Waals surface area contributed by atoms with Crippen molar-refractivity contribution in [2.24, 2.45) is 0 Å². The molecule has 1 aliphatic heterocycles. The average molecular weight is 345 g/mol. The Kier molecular flexibility index (Phi) is 6.01. The molecule has 1 saturated heterocycles. The van der Waals surface area contributed by atoms with Gasteiger partial charge in [-0.25, -0.2) is 10.9 Å². The molecule has 1 fully saturated rings. The number of nitro groups is 1. The molecule has 0 spiro atoms. The minimum absolute atomic E-state index is 0.0334. The predicted octanol–water partition coefficient (Wildman–Crippen LogP) is 0.982. The monoisotopic (exact) mass is 344 g/mol. The Bertz CT molecular complexity index is 560. The molecule has 0 radical (unpaired) electrons. The number of halogens is 1. The number of carbonyl (C=O) groups is 1. The fourth-order valence-electron chi connectivity index (χ4n) is 2.27. The van der Waals surface area contributed by atoms with Gasteiger partial charge in [0.2, 0.25) is 5.91 Å². The number of nitrogens with zero attached hydrogens (tertiary/aromatic N) is 1. The molecular weight excluding hydrogens is 328 g/mol. The summed E-state index contributed by atoms with van der Waals surface area (Å²) in [5.74, 6) is -0.382. The predicted molar refractivity (Wildman–Crippen MR) is 86.4 cm³/mol. The van der Waals surface area contributed by atoms with Crippen LogP contribution in [0.15, 0.2) is 24.3 Å². The van der Waals surface area contributed by atoms with Gasteiger partial charge in [0, 0.05) is 21.7 Å². The number of thioether (sulfide) groups is 1. The normalized spacial score (nSPS) is 22.3. The zero-order chi connectivity index (χ0) is 16.1. The minimum atomic E-state index is -0.959. The van der Waals surface area contributed by atoms with Crippen LogP contribution in [-0.2, 0) is 4.79 Å². The van der Waals surface area contributed by atoms with E-state index in [1.54, 1.807) is 17.8 Å². The van der Waals surface area contributed by atoms with Crippen LogP contribution < -0.4 is 16.2 Å². The molecule has 22 heavy (non-hydrogen) atoms. The van der Waals surface area contributed by atoms with E-state index in [-0.39, 0.29) is 17.7 Å². The van der Waals surface area contributed by atoms with Crippen molar-refractivity contribution in [3.63, 3.8) is 0 Å². The van der Waals surface area contributed by atoms with Crippen LogP contribution in [0.2, 0.25) is 5.02 Å². The Hall–Kier alpha value is -1.35. The molecule has 9 heteroatoms. The molecule has 0 aromatic heterocycles. The van der Waals surface area contributed by atoms with Crippen molar-refractivity contribution in [3.05, 3.63) is 45.0 Å². The van der Waals surface area contributed by atoms with Crippen molar-refractivity contribution in [1.82, 2.24) is 16.2 Å². The second kappa shape index (κ2) is 7.77. The summed E-state index contributed by atoms with van der Waals surface area (Å²) >= 11 is 7.56. The number of amides is 1. The van der Waals surface area contributed by atoms with Crippen LogP contribution in [0.4, 0.5) is 0 Å². The average Bonchev–Trinajstić information content (AvgIpc) is 2.97. The summed E-state index contributed by atoms with van der Waals surface area (Å²) in [5, 5.41) is 14.3. The van der Waals surface area contributed by atoms with E-state index < -0.39 is 17.0 Å². The molecule has 1 aromatic carbocycles. The summed E-state index contributed by atoms with van der Waals surface area (Å²) in [6.45, 7) is 0.508. The van der Waals surface area contributed by atoms with Crippen LogP contribution in [0.3, 0.4) is 0 Å². The Labute approximate surface area is 137 Å². The van der Waals surface area contributed by atoms with Crippen molar-refractivity contribution in [2.45, 2.75) is 17.3 Å². The Balaban J connectivity index is 1.95. The maximum absolute atomic E-state index is 12.1. The zero-order valence-corrected chi connectivity index (χ0v) is 13.5. The lowest BCUT2D eigenvalue weighted by molar-refractivity contribution is -0.517. The number of benzene rings is 1. The summed E-state index contributed by atoms with van der Waals surface area (Å²) in [5.41, 5.74) is 6.30. The van der Waals surface area contributed by atoms with E-state index in [9.17, 15) is 14.9 Å². The van der Waals surface area contributed by atoms with Crippen LogP contribution in [0.1, 0.15) is 10.8 Å². The van der Waals surface area contributed by atoms with Gasteiger partial charge in [0.05, 0.1) is 6.54 Å². The van der Waals surface area contributed by atoms with E-state index in [1.165, 1.54) is 0 Å². The van der Waals surface area contributed by atoms with E-state index in [0.717, 1.165) is 5.56 Å². The number of rotatable bonds is 6. The van der Waals surface area contributed by atoms with Crippen molar-refractivity contribution in [3.8, 4) is 0 Å². The van der Waals surface area contributed by atoms with E-state index in [4.69, 9.17) is 11.6 Å². The fourth-order valence-corrected chi connectivity index (χ4v) is 3.14. The Morgan fingerprint density at radius 3 is 3.05 bits per heavy atom. The van der Waals surface area contributed by atoms with Gasteiger partial charge in [0.1, 0.15) is 0 Å². The minimum Gasteiger partial charge on any atom is -0.353 e. The highest BCUT2D eigenvalue weighted by molar-refractivity contribution is 7.98. The summed E-state index contributed by atoms with van der Waals surface area (Å²) in [7, 11) is 0. The molecule has 120 valence electrons. The highest BCUT2D eigenvalue weighted by atomic mass is 35.5. The molecule has 3 N–H and O–H groups in total. The second-order valence-corrected chi connectivity index (χ2v) is 6.36. The standard InChI is InChI=1S/C13H17ClN4O3S/c1-22-11(8-3-2-4-9(14)5-8)7-15-13(19)12-10(18(20)21)6-16-17-12/h2-5,10-12,16-17H,6-7H2,1H3,(H,15,19). The highest BCUT2D eigenvalue weighted by Crippen LogP contribution is 2.27. The quantitative estimate of drug-likeness (QED) is 0.526. The number of nitrogens with one attached hydrogen (secondary N) is 3. The summed E-state index contributed by atoms with van der Waals surface area (Å²) in [6, 6.07) is 5.61. The molecular formula is C13H17ClN4O3S. The van der Waals surface area contributed by atoms with Crippen LogP contribution in [0, 0.1) is 10.1 Å². The third kappa shape index (κ3) is 4.10. The van der Waals surface area contributed by atoms with Gasteiger partial charge in [-0.1, -0.05) is 23.7 Å². The summed E-state index contributed by atoms with van der Waals surface area (Å²) < 4.78 is 0. The number of hydrogen-bond donors (Lipinski definition) is 3. The molecule has 3 unspecified atom stereocenters. The fraction of sp³-hybridized carbons (Fsp3) is 0.462. The lowest BCUT2D eigenvalue weighted by atomic mass is 10.1. The van der Waals surface area contributed by atoms with Crippen LogP contribution in [0.5, 0.6) is 0 Å².